The molecule has 1 N–H and O–H groups in total. The summed E-state index contributed by atoms with van der Waals surface area (Å²) in [6.07, 6.45) is 6.45. The van der Waals surface area contributed by atoms with Gasteiger partial charge in [-0.3, -0.25) is 0 Å². The van der Waals surface area contributed by atoms with Crippen LogP contribution in [0.15, 0.2) is 89.9 Å². The van der Waals surface area contributed by atoms with Gasteiger partial charge < -0.3 is 5.32 Å². The van der Waals surface area contributed by atoms with Crippen molar-refractivity contribution in [3.63, 3.8) is 0 Å². The van der Waals surface area contributed by atoms with E-state index in [1.54, 1.807) is 0 Å². The van der Waals surface area contributed by atoms with Gasteiger partial charge in [-0.2, -0.15) is 0 Å². The standard InChI is InChI=1S/C26H26N2/c1-3-13-21(14-4-1)26(19-20-11-7-8-12-20)25(27-22-15-5-2-6-16-22)23-17-9-10-18-24(23)28-26/h1-6,9-10,13-18,20,28H,7-8,11-12,19H2. The molecular formula is C26H26N2. The molecule has 1 aliphatic heterocycles. The molecule has 1 unspecified atom stereocenters. The highest BCUT2D eigenvalue weighted by Crippen LogP contribution is 2.47. The smallest absolute Gasteiger partial charge is 0.106 e. The molecule has 0 amide bonds. The minimum Gasteiger partial charge on any atom is -0.370 e. The fourth-order valence-corrected chi connectivity index (χ4v) is 4.95. The topological polar surface area (TPSA) is 24.4 Å². The van der Waals surface area contributed by atoms with E-state index >= 15 is 0 Å². The third kappa shape index (κ3) is 3.03. The Labute approximate surface area is 167 Å². The third-order valence-corrected chi connectivity index (χ3v) is 6.27. The summed E-state index contributed by atoms with van der Waals surface area (Å²) in [5, 5.41) is 3.93. The first-order chi connectivity index (χ1) is 13.9. The van der Waals surface area contributed by atoms with Crippen LogP contribution in [0.3, 0.4) is 0 Å². The van der Waals surface area contributed by atoms with E-state index in [2.05, 4.69) is 84.2 Å². The van der Waals surface area contributed by atoms with Crippen molar-refractivity contribution in [1.29, 1.82) is 0 Å². The van der Waals surface area contributed by atoms with Gasteiger partial charge >= 0.3 is 0 Å². The molecule has 3 aromatic rings. The molecule has 1 aliphatic carbocycles. The molecule has 5 rings (SSSR count). The molecule has 2 nitrogen and oxygen atoms in total. The van der Waals surface area contributed by atoms with E-state index in [9.17, 15) is 0 Å². The lowest BCUT2D eigenvalue weighted by Gasteiger charge is -2.34. The molecule has 0 spiro atoms. The highest BCUT2D eigenvalue weighted by Gasteiger charge is 2.46. The van der Waals surface area contributed by atoms with Crippen molar-refractivity contribution in [3.8, 4) is 0 Å². The molecule has 1 heterocycles. The summed E-state index contributed by atoms with van der Waals surface area (Å²) in [6, 6.07) is 29.9. The molecule has 3 aromatic carbocycles. The predicted molar refractivity (Wildman–Crippen MR) is 117 cm³/mol. The molecule has 28 heavy (non-hydrogen) atoms. The molecule has 0 saturated heterocycles. The zero-order chi connectivity index (χ0) is 18.8. The van der Waals surface area contributed by atoms with Crippen LogP contribution in [0.25, 0.3) is 0 Å². The normalized spacial score (nSPS) is 22.9. The summed E-state index contributed by atoms with van der Waals surface area (Å²) >= 11 is 0. The summed E-state index contributed by atoms with van der Waals surface area (Å²) in [5.41, 5.74) is 5.64. The first-order valence-electron chi connectivity index (χ1n) is 10.4. The number of benzene rings is 3. The molecule has 1 saturated carbocycles. The van der Waals surface area contributed by atoms with Gasteiger partial charge in [-0.05, 0) is 36.1 Å². The van der Waals surface area contributed by atoms with E-state index in [0.29, 0.717) is 0 Å². The maximum absolute atomic E-state index is 5.23. The molecule has 140 valence electrons. The van der Waals surface area contributed by atoms with E-state index < -0.39 is 0 Å². The van der Waals surface area contributed by atoms with Gasteiger partial charge in [0.25, 0.3) is 0 Å². The monoisotopic (exact) mass is 366 g/mol. The van der Waals surface area contributed by atoms with Crippen LogP contribution in [0.5, 0.6) is 0 Å². The Morgan fingerprint density at radius 2 is 1.43 bits per heavy atom. The summed E-state index contributed by atoms with van der Waals surface area (Å²) < 4.78 is 0. The number of anilines is 1. The van der Waals surface area contributed by atoms with E-state index in [4.69, 9.17) is 4.99 Å². The van der Waals surface area contributed by atoms with Gasteiger partial charge in [0.05, 0.1) is 11.4 Å². The van der Waals surface area contributed by atoms with Crippen LogP contribution < -0.4 is 5.32 Å². The van der Waals surface area contributed by atoms with E-state index in [1.165, 1.54) is 42.5 Å². The second kappa shape index (κ2) is 7.27. The van der Waals surface area contributed by atoms with Crippen molar-refractivity contribution in [3.05, 3.63) is 96.1 Å². The van der Waals surface area contributed by atoms with Crippen LogP contribution in [0, 0.1) is 5.92 Å². The highest BCUT2D eigenvalue weighted by atomic mass is 15.1. The van der Waals surface area contributed by atoms with Crippen molar-refractivity contribution in [2.75, 3.05) is 5.32 Å². The molecule has 0 radical (unpaired) electrons. The fourth-order valence-electron chi connectivity index (χ4n) is 4.95. The maximum atomic E-state index is 5.23. The summed E-state index contributed by atoms with van der Waals surface area (Å²) in [5.74, 6) is 0.739. The van der Waals surface area contributed by atoms with Gasteiger partial charge in [-0.1, -0.05) is 92.4 Å². The van der Waals surface area contributed by atoms with Gasteiger partial charge in [0.1, 0.15) is 5.54 Å². The van der Waals surface area contributed by atoms with Crippen LogP contribution in [0.2, 0.25) is 0 Å². The van der Waals surface area contributed by atoms with Crippen molar-refractivity contribution in [1.82, 2.24) is 0 Å². The minimum atomic E-state index is -0.268. The number of nitrogens with one attached hydrogen (secondary N) is 1. The number of nitrogens with zero attached hydrogens (tertiary/aromatic N) is 1. The molecule has 0 bridgehead atoms. The second-order valence-corrected chi connectivity index (χ2v) is 8.09. The van der Waals surface area contributed by atoms with Crippen LogP contribution in [-0.4, -0.2) is 5.71 Å². The maximum Gasteiger partial charge on any atom is 0.106 e. The number of hydrogen-bond acceptors (Lipinski definition) is 2. The SMILES string of the molecule is c1ccc(N=C2c3ccccc3NC2(CC2CCCC2)c2ccccc2)cc1. The Kier molecular flexibility index (Phi) is 4.48. The molecule has 2 heteroatoms. The lowest BCUT2D eigenvalue weighted by molar-refractivity contribution is 0.427. The van der Waals surface area contributed by atoms with Crippen LogP contribution >= 0.6 is 0 Å². The largest absolute Gasteiger partial charge is 0.370 e. The molecule has 0 aromatic heterocycles. The number of aliphatic imine (C=N–C) groups is 1. The first-order valence-corrected chi connectivity index (χ1v) is 10.4. The van der Waals surface area contributed by atoms with Gasteiger partial charge in [-0.25, -0.2) is 4.99 Å². The van der Waals surface area contributed by atoms with Gasteiger partial charge in [0.15, 0.2) is 0 Å². The van der Waals surface area contributed by atoms with Gasteiger partial charge in [-0.15, -0.1) is 0 Å². The van der Waals surface area contributed by atoms with E-state index in [1.807, 2.05) is 6.07 Å². The minimum absolute atomic E-state index is 0.268. The molecular weight excluding hydrogens is 340 g/mol. The summed E-state index contributed by atoms with van der Waals surface area (Å²) in [7, 11) is 0. The zero-order valence-electron chi connectivity index (χ0n) is 16.1. The Hall–Kier alpha value is -2.87. The number of rotatable bonds is 4. The van der Waals surface area contributed by atoms with Crippen LogP contribution in [0.1, 0.15) is 43.2 Å². The third-order valence-electron chi connectivity index (χ3n) is 6.27. The number of hydrogen-bond donors (Lipinski definition) is 1. The lowest BCUT2D eigenvalue weighted by Crippen LogP contribution is -2.40. The number of para-hydroxylation sites is 2. The van der Waals surface area contributed by atoms with E-state index in [-0.39, 0.29) is 5.54 Å². The summed E-state index contributed by atoms with van der Waals surface area (Å²) in [4.78, 5) is 5.23. The Bertz CT molecular complexity index is 972. The Balaban J connectivity index is 1.70. The molecule has 1 atom stereocenters. The van der Waals surface area contributed by atoms with Crippen molar-refractivity contribution in [2.24, 2.45) is 10.9 Å². The second-order valence-electron chi connectivity index (χ2n) is 8.09. The van der Waals surface area contributed by atoms with Crippen molar-refractivity contribution in [2.45, 2.75) is 37.6 Å². The fraction of sp³-hybridized carbons (Fsp3) is 0.269. The van der Waals surface area contributed by atoms with Gasteiger partial charge in [0, 0.05) is 11.3 Å². The van der Waals surface area contributed by atoms with Crippen molar-refractivity contribution < 1.29 is 0 Å². The molecule has 1 fully saturated rings. The molecule has 2 aliphatic rings. The first kappa shape index (κ1) is 17.2. The average molecular weight is 367 g/mol. The predicted octanol–water partition coefficient (Wildman–Crippen LogP) is 6.71. The van der Waals surface area contributed by atoms with Crippen molar-refractivity contribution >= 4 is 17.1 Å². The lowest BCUT2D eigenvalue weighted by atomic mass is 9.77. The van der Waals surface area contributed by atoms with Gasteiger partial charge in [0.2, 0.25) is 0 Å². The zero-order valence-corrected chi connectivity index (χ0v) is 16.1. The van der Waals surface area contributed by atoms with Crippen LogP contribution in [-0.2, 0) is 5.54 Å². The summed E-state index contributed by atoms with van der Waals surface area (Å²) in [6.45, 7) is 0. The number of fused-ring (bicyclic) bond motifs is 1. The van der Waals surface area contributed by atoms with E-state index in [0.717, 1.165) is 23.7 Å². The van der Waals surface area contributed by atoms with Crippen LogP contribution in [0.4, 0.5) is 11.4 Å². The Morgan fingerprint density at radius 3 is 2.18 bits per heavy atom. The average Bonchev–Trinajstić information content (AvgIpc) is 3.37. The quantitative estimate of drug-likeness (QED) is 0.545. The Morgan fingerprint density at radius 1 is 0.786 bits per heavy atom. The highest BCUT2D eigenvalue weighted by molar-refractivity contribution is 6.17.